The minimum absolute atomic E-state index is 0.0272. The number of carbonyl (C=O) groups is 1. The highest BCUT2D eigenvalue weighted by molar-refractivity contribution is 7.09. The largest absolute Gasteiger partial charge is 0.335 e. The normalized spacial score (nSPS) is 25.1. The lowest BCUT2D eigenvalue weighted by Gasteiger charge is -2.22. The van der Waals surface area contributed by atoms with Crippen molar-refractivity contribution in [3.8, 4) is 0 Å². The molecule has 0 radical (unpaired) electrons. The SMILES string of the molecule is CC(N)c1nc(C(=O)N2CC(C)C(N(C)C)C2)cs1. The molecule has 1 amide bonds. The van der Waals surface area contributed by atoms with Crippen LogP contribution in [0.1, 0.15) is 35.4 Å². The molecule has 6 heteroatoms. The van der Waals surface area contributed by atoms with Gasteiger partial charge in [0.05, 0.1) is 6.04 Å². The lowest BCUT2D eigenvalue weighted by molar-refractivity contribution is 0.0776. The summed E-state index contributed by atoms with van der Waals surface area (Å²) in [5.74, 6) is 0.518. The Morgan fingerprint density at radius 1 is 1.58 bits per heavy atom. The Kier molecular flexibility index (Phi) is 4.23. The van der Waals surface area contributed by atoms with Gasteiger partial charge in [0.25, 0.3) is 5.91 Å². The third kappa shape index (κ3) is 2.96. The van der Waals surface area contributed by atoms with Crippen molar-refractivity contribution < 1.29 is 4.79 Å². The number of aromatic nitrogens is 1. The maximum Gasteiger partial charge on any atom is 0.273 e. The summed E-state index contributed by atoms with van der Waals surface area (Å²) in [4.78, 5) is 20.8. The molecule has 1 aromatic rings. The number of likely N-dealkylation sites (tertiary alicyclic amines) is 1. The maximum atomic E-state index is 12.4. The fraction of sp³-hybridized carbons (Fsp3) is 0.692. The van der Waals surface area contributed by atoms with Crippen molar-refractivity contribution in [2.75, 3.05) is 27.2 Å². The van der Waals surface area contributed by atoms with Gasteiger partial charge in [0, 0.05) is 24.5 Å². The van der Waals surface area contributed by atoms with Gasteiger partial charge in [0.1, 0.15) is 10.7 Å². The molecular weight excluding hydrogens is 260 g/mol. The first-order chi connectivity index (χ1) is 8.90. The van der Waals surface area contributed by atoms with Crippen LogP contribution in [-0.4, -0.2) is 53.9 Å². The molecule has 0 aliphatic carbocycles. The molecule has 1 aliphatic rings. The minimum Gasteiger partial charge on any atom is -0.335 e. The van der Waals surface area contributed by atoms with Crippen LogP contribution in [-0.2, 0) is 0 Å². The molecule has 1 saturated heterocycles. The number of hydrogen-bond donors (Lipinski definition) is 1. The second kappa shape index (κ2) is 5.56. The highest BCUT2D eigenvalue weighted by Gasteiger charge is 2.34. The van der Waals surface area contributed by atoms with Crippen LogP contribution in [0.4, 0.5) is 0 Å². The molecule has 1 aliphatic heterocycles. The van der Waals surface area contributed by atoms with Gasteiger partial charge in [-0.05, 0) is 26.9 Å². The first-order valence-electron chi connectivity index (χ1n) is 6.57. The van der Waals surface area contributed by atoms with E-state index in [1.165, 1.54) is 11.3 Å². The van der Waals surface area contributed by atoms with Gasteiger partial charge in [-0.3, -0.25) is 4.79 Å². The van der Waals surface area contributed by atoms with Crippen molar-refractivity contribution in [3.63, 3.8) is 0 Å². The maximum absolute atomic E-state index is 12.4. The molecule has 0 aromatic carbocycles. The molecule has 1 fully saturated rings. The predicted octanol–water partition coefficient (Wildman–Crippen LogP) is 1.18. The fourth-order valence-electron chi connectivity index (χ4n) is 2.54. The summed E-state index contributed by atoms with van der Waals surface area (Å²) in [7, 11) is 4.12. The van der Waals surface area contributed by atoms with Crippen LogP contribution >= 0.6 is 11.3 Å². The van der Waals surface area contributed by atoms with Gasteiger partial charge >= 0.3 is 0 Å². The number of nitrogens with zero attached hydrogens (tertiary/aromatic N) is 3. The molecule has 0 spiro atoms. The molecular formula is C13H22N4OS. The van der Waals surface area contributed by atoms with Crippen molar-refractivity contribution in [2.45, 2.75) is 25.9 Å². The van der Waals surface area contributed by atoms with E-state index in [1.54, 1.807) is 0 Å². The number of rotatable bonds is 3. The van der Waals surface area contributed by atoms with Gasteiger partial charge in [0.15, 0.2) is 0 Å². The Hall–Kier alpha value is -0.980. The average Bonchev–Trinajstić information content (AvgIpc) is 2.94. The summed E-state index contributed by atoms with van der Waals surface area (Å²) >= 11 is 1.46. The molecule has 2 heterocycles. The van der Waals surface area contributed by atoms with Crippen LogP contribution in [0.3, 0.4) is 0 Å². The number of amides is 1. The predicted molar refractivity (Wildman–Crippen MR) is 77.3 cm³/mol. The quantitative estimate of drug-likeness (QED) is 0.904. The Morgan fingerprint density at radius 3 is 2.74 bits per heavy atom. The molecule has 3 unspecified atom stereocenters. The van der Waals surface area contributed by atoms with E-state index in [2.05, 4.69) is 30.9 Å². The van der Waals surface area contributed by atoms with Gasteiger partial charge in [-0.2, -0.15) is 0 Å². The van der Waals surface area contributed by atoms with Crippen LogP contribution < -0.4 is 5.73 Å². The highest BCUT2D eigenvalue weighted by atomic mass is 32.1. The van der Waals surface area contributed by atoms with E-state index in [-0.39, 0.29) is 11.9 Å². The van der Waals surface area contributed by atoms with Crippen LogP contribution in [0.25, 0.3) is 0 Å². The van der Waals surface area contributed by atoms with Crippen molar-refractivity contribution in [2.24, 2.45) is 11.7 Å². The smallest absolute Gasteiger partial charge is 0.273 e. The van der Waals surface area contributed by atoms with E-state index < -0.39 is 0 Å². The number of nitrogens with two attached hydrogens (primary N) is 1. The summed E-state index contributed by atoms with van der Waals surface area (Å²) < 4.78 is 0. The lowest BCUT2D eigenvalue weighted by Crippen LogP contribution is -2.35. The Labute approximate surface area is 118 Å². The monoisotopic (exact) mass is 282 g/mol. The van der Waals surface area contributed by atoms with Crippen molar-refractivity contribution in [3.05, 3.63) is 16.1 Å². The van der Waals surface area contributed by atoms with Crippen LogP contribution in [0.15, 0.2) is 5.38 Å². The standard InChI is InChI=1S/C13H22N4OS/c1-8-5-17(6-11(8)16(3)4)13(18)10-7-19-12(15-10)9(2)14/h7-9,11H,5-6,14H2,1-4H3. The van der Waals surface area contributed by atoms with Crippen LogP contribution in [0.2, 0.25) is 0 Å². The van der Waals surface area contributed by atoms with E-state index in [9.17, 15) is 4.79 Å². The van der Waals surface area contributed by atoms with E-state index >= 15 is 0 Å². The first-order valence-corrected chi connectivity index (χ1v) is 7.44. The number of hydrogen-bond acceptors (Lipinski definition) is 5. The minimum atomic E-state index is -0.112. The highest BCUT2D eigenvalue weighted by Crippen LogP contribution is 2.23. The topological polar surface area (TPSA) is 62.5 Å². The Bertz CT molecular complexity index is 457. The number of likely N-dealkylation sites (N-methyl/N-ethyl adjacent to an activating group) is 1. The average molecular weight is 282 g/mol. The summed E-state index contributed by atoms with van der Waals surface area (Å²) in [5, 5.41) is 2.63. The summed E-state index contributed by atoms with van der Waals surface area (Å²) in [6.45, 7) is 5.64. The third-order valence-corrected chi connectivity index (χ3v) is 4.70. The van der Waals surface area contributed by atoms with E-state index in [1.807, 2.05) is 17.2 Å². The zero-order valence-corrected chi connectivity index (χ0v) is 12.8. The lowest BCUT2D eigenvalue weighted by atomic mass is 10.1. The molecule has 2 rings (SSSR count). The molecule has 19 heavy (non-hydrogen) atoms. The first kappa shape index (κ1) is 14.4. The third-order valence-electron chi connectivity index (χ3n) is 3.65. The van der Waals surface area contributed by atoms with Gasteiger partial charge < -0.3 is 15.5 Å². The second-order valence-corrected chi connectivity index (χ2v) is 6.47. The van der Waals surface area contributed by atoms with E-state index in [0.29, 0.717) is 17.7 Å². The molecule has 0 saturated carbocycles. The Morgan fingerprint density at radius 2 is 2.26 bits per heavy atom. The van der Waals surface area contributed by atoms with Gasteiger partial charge in [0.2, 0.25) is 0 Å². The zero-order chi connectivity index (χ0) is 14.2. The summed E-state index contributed by atoms with van der Waals surface area (Å²) in [5.41, 5.74) is 6.31. The molecule has 106 valence electrons. The molecule has 5 nitrogen and oxygen atoms in total. The van der Waals surface area contributed by atoms with Crippen molar-refractivity contribution >= 4 is 17.2 Å². The summed E-state index contributed by atoms with van der Waals surface area (Å²) in [6.07, 6.45) is 0. The zero-order valence-electron chi connectivity index (χ0n) is 12.0. The second-order valence-electron chi connectivity index (χ2n) is 5.58. The molecule has 1 aromatic heterocycles. The van der Waals surface area contributed by atoms with Gasteiger partial charge in [-0.25, -0.2) is 4.98 Å². The van der Waals surface area contributed by atoms with Gasteiger partial charge in [-0.15, -0.1) is 11.3 Å². The van der Waals surface area contributed by atoms with Crippen molar-refractivity contribution in [1.29, 1.82) is 0 Å². The molecule has 3 atom stereocenters. The van der Waals surface area contributed by atoms with E-state index in [0.717, 1.165) is 18.1 Å². The summed E-state index contributed by atoms with van der Waals surface area (Å²) in [6, 6.07) is 0.314. The number of carbonyl (C=O) groups excluding carboxylic acids is 1. The van der Waals surface area contributed by atoms with Crippen LogP contribution in [0.5, 0.6) is 0 Å². The molecule has 0 bridgehead atoms. The van der Waals surface area contributed by atoms with Gasteiger partial charge in [-0.1, -0.05) is 6.92 Å². The van der Waals surface area contributed by atoms with Crippen LogP contribution in [0, 0.1) is 5.92 Å². The van der Waals surface area contributed by atoms with E-state index in [4.69, 9.17) is 5.73 Å². The Balaban J connectivity index is 2.08. The molecule has 2 N–H and O–H groups in total. The van der Waals surface area contributed by atoms with Crippen molar-refractivity contribution in [1.82, 2.24) is 14.8 Å². The number of thiazole rings is 1. The fourth-order valence-corrected chi connectivity index (χ4v) is 3.30.